The Kier molecular flexibility index (Phi) is 6.72. The van der Waals surface area contributed by atoms with E-state index in [4.69, 9.17) is 0 Å². The minimum absolute atomic E-state index is 0.383. The predicted molar refractivity (Wildman–Crippen MR) is 89.5 cm³/mol. The van der Waals surface area contributed by atoms with Crippen LogP contribution in [0, 0.1) is 5.92 Å². The summed E-state index contributed by atoms with van der Waals surface area (Å²) < 4.78 is 13.6. The molecule has 0 aromatic heterocycles. The summed E-state index contributed by atoms with van der Waals surface area (Å²) in [5, 5.41) is 3.56. The smallest absolute Gasteiger partial charge is 0.0556 e. The number of halogens is 1. The molecule has 0 aliphatic heterocycles. The van der Waals surface area contributed by atoms with Crippen LogP contribution in [0.25, 0.3) is 0 Å². The number of rotatable bonds is 6. The van der Waals surface area contributed by atoms with Gasteiger partial charge in [0.05, 0.1) is 15.7 Å². The van der Waals surface area contributed by atoms with E-state index in [1.165, 1.54) is 32.1 Å². The summed E-state index contributed by atoms with van der Waals surface area (Å²) in [5.41, 5.74) is 0. The van der Waals surface area contributed by atoms with Crippen LogP contribution in [-0.4, -0.2) is 22.5 Å². The topological polar surface area (TPSA) is 29.1 Å². The molecule has 1 aliphatic rings. The zero-order chi connectivity index (χ0) is 14.4. The molecule has 4 heteroatoms. The summed E-state index contributed by atoms with van der Waals surface area (Å²) in [4.78, 5) is 0.922. The zero-order valence-electron chi connectivity index (χ0n) is 12.1. The molecule has 1 aliphatic carbocycles. The summed E-state index contributed by atoms with van der Waals surface area (Å²) in [5.74, 6) is 1.41. The summed E-state index contributed by atoms with van der Waals surface area (Å²) in [7, 11) is -0.938. The van der Waals surface area contributed by atoms with Crippen molar-refractivity contribution < 1.29 is 4.21 Å². The van der Waals surface area contributed by atoms with E-state index in [2.05, 4.69) is 28.2 Å². The largest absolute Gasteiger partial charge is 0.313 e. The van der Waals surface area contributed by atoms with Crippen LogP contribution in [0.4, 0.5) is 0 Å². The van der Waals surface area contributed by atoms with Crippen LogP contribution in [0.15, 0.2) is 33.6 Å². The van der Waals surface area contributed by atoms with Gasteiger partial charge in [0.15, 0.2) is 0 Å². The third-order valence-corrected chi connectivity index (χ3v) is 6.56. The van der Waals surface area contributed by atoms with Crippen LogP contribution in [0.5, 0.6) is 0 Å². The molecule has 2 unspecified atom stereocenters. The fourth-order valence-corrected chi connectivity index (χ4v) is 5.28. The lowest BCUT2D eigenvalue weighted by atomic mass is 9.84. The maximum absolute atomic E-state index is 12.6. The van der Waals surface area contributed by atoms with Gasteiger partial charge >= 0.3 is 0 Å². The molecule has 2 nitrogen and oxygen atoms in total. The van der Waals surface area contributed by atoms with E-state index in [-0.39, 0.29) is 0 Å². The Morgan fingerprint density at radius 2 is 2.00 bits per heavy atom. The Labute approximate surface area is 133 Å². The van der Waals surface area contributed by atoms with Crippen LogP contribution in [-0.2, 0) is 10.8 Å². The van der Waals surface area contributed by atoms with Gasteiger partial charge in [-0.05, 0) is 53.4 Å². The van der Waals surface area contributed by atoms with E-state index in [1.54, 1.807) is 0 Å². The standard InChI is InChI=1S/C16H24BrNOS/c1-2-18-15(13-8-4-3-5-9-13)12-20(19)16-11-7-6-10-14(16)17/h6-7,10-11,13,15,18H,2-5,8-9,12H2,1H3. The molecule has 0 bridgehead atoms. The maximum atomic E-state index is 12.6. The Morgan fingerprint density at radius 1 is 1.30 bits per heavy atom. The van der Waals surface area contributed by atoms with Crippen molar-refractivity contribution in [3.8, 4) is 0 Å². The Bertz CT molecular complexity index is 446. The van der Waals surface area contributed by atoms with Gasteiger partial charge in [-0.25, -0.2) is 0 Å². The molecule has 112 valence electrons. The molecule has 1 N–H and O–H groups in total. The number of benzene rings is 1. The highest BCUT2D eigenvalue weighted by atomic mass is 79.9. The van der Waals surface area contributed by atoms with Gasteiger partial charge in [-0.3, -0.25) is 4.21 Å². The summed E-state index contributed by atoms with van der Waals surface area (Å²) >= 11 is 3.51. The molecule has 1 fully saturated rings. The quantitative estimate of drug-likeness (QED) is 0.829. The fraction of sp³-hybridized carbons (Fsp3) is 0.625. The SMILES string of the molecule is CCNC(CS(=O)c1ccccc1Br)C1CCCCC1. The second kappa shape index (κ2) is 8.30. The molecule has 0 radical (unpaired) electrons. The Hall–Kier alpha value is -0.190. The first-order valence-electron chi connectivity index (χ1n) is 7.58. The third-order valence-electron chi connectivity index (χ3n) is 4.10. The maximum Gasteiger partial charge on any atom is 0.0556 e. The molecule has 20 heavy (non-hydrogen) atoms. The van der Waals surface area contributed by atoms with Crippen molar-refractivity contribution in [2.24, 2.45) is 5.92 Å². The van der Waals surface area contributed by atoms with Gasteiger partial charge in [-0.2, -0.15) is 0 Å². The van der Waals surface area contributed by atoms with Crippen molar-refractivity contribution in [3.05, 3.63) is 28.7 Å². The van der Waals surface area contributed by atoms with Crippen LogP contribution in [0.2, 0.25) is 0 Å². The van der Waals surface area contributed by atoms with Crippen molar-refractivity contribution in [1.82, 2.24) is 5.32 Å². The molecule has 2 atom stereocenters. The fourth-order valence-electron chi connectivity index (χ4n) is 3.04. The van der Waals surface area contributed by atoms with Gasteiger partial charge in [0, 0.05) is 16.3 Å². The zero-order valence-corrected chi connectivity index (χ0v) is 14.5. The highest BCUT2D eigenvalue weighted by molar-refractivity contribution is 9.10. The summed E-state index contributed by atoms with van der Waals surface area (Å²) in [6.07, 6.45) is 6.58. The minimum atomic E-state index is -0.938. The van der Waals surface area contributed by atoms with E-state index >= 15 is 0 Å². The second-order valence-electron chi connectivity index (χ2n) is 5.50. The van der Waals surface area contributed by atoms with Gasteiger partial charge in [0.1, 0.15) is 0 Å². The molecule has 0 amide bonds. The van der Waals surface area contributed by atoms with E-state index < -0.39 is 10.8 Å². The third kappa shape index (κ3) is 4.40. The highest BCUT2D eigenvalue weighted by Crippen LogP contribution is 2.28. The lowest BCUT2D eigenvalue weighted by molar-refractivity contribution is 0.287. The summed E-state index contributed by atoms with van der Waals surface area (Å²) in [6.45, 7) is 3.09. The molecule has 2 rings (SSSR count). The molecule has 1 aromatic carbocycles. The van der Waals surface area contributed by atoms with Crippen LogP contribution >= 0.6 is 15.9 Å². The van der Waals surface area contributed by atoms with E-state index in [0.29, 0.717) is 12.0 Å². The van der Waals surface area contributed by atoms with Crippen molar-refractivity contribution in [2.45, 2.75) is 50.0 Å². The highest BCUT2D eigenvalue weighted by Gasteiger charge is 2.25. The average Bonchev–Trinajstić information content (AvgIpc) is 2.48. The molecular formula is C16H24BrNOS. The number of nitrogens with one attached hydrogen (secondary N) is 1. The van der Waals surface area contributed by atoms with E-state index in [0.717, 1.165) is 21.7 Å². The lowest BCUT2D eigenvalue weighted by Gasteiger charge is -2.30. The Morgan fingerprint density at radius 3 is 2.65 bits per heavy atom. The van der Waals surface area contributed by atoms with E-state index in [1.807, 2.05) is 24.3 Å². The predicted octanol–water partition coefficient (Wildman–Crippen LogP) is 4.12. The molecular weight excluding hydrogens is 334 g/mol. The van der Waals surface area contributed by atoms with Gasteiger partial charge in [-0.1, -0.05) is 38.3 Å². The van der Waals surface area contributed by atoms with Crippen LogP contribution in [0.1, 0.15) is 39.0 Å². The van der Waals surface area contributed by atoms with Gasteiger partial charge < -0.3 is 5.32 Å². The molecule has 0 heterocycles. The second-order valence-corrected chi connectivity index (χ2v) is 7.82. The molecule has 0 saturated heterocycles. The molecule has 0 spiro atoms. The lowest BCUT2D eigenvalue weighted by Crippen LogP contribution is -2.41. The van der Waals surface area contributed by atoms with Gasteiger partial charge in [0.2, 0.25) is 0 Å². The van der Waals surface area contributed by atoms with Crippen molar-refractivity contribution >= 4 is 26.7 Å². The van der Waals surface area contributed by atoms with Gasteiger partial charge in [0.25, 0.3) is 0 Å². The first kappa shape index (κ1) is 16.2. The first-order chi connectivity index (χ1) is 9.72. The Balaban J connectivity index is 2.03. The number of hydrogen-bond acceptors (Lipinski definition) is 2. The van der Waals surface area contributed by atoms with Crippen LogP contribution < -0.4 is 5.32 Å². The normalized spacial score (nSPS) is 19.7. The first-order valence-corrected chi connectivity index (χ1v) is 9.70. The average molecular weight is 358 g/mol. The summed E-state index contributed by atoms with van der Waals surface area (Å²) in [6, 6.07) is 8.24. The van der Waals surface area contributed by atoms with Gasteiger partial charge in [-0.15, -0.1) is 0 Å². The van der Waals surface area contributed by atoms with Crippen molar-refractivity contribution in [3.63, 3.8) is 0 Å². The minimum Gasteiger partial charge on any atom is -0.313 e. The molecule has 1 saturated carbocycles. The van der Waals surface area contributed by atoms with Crippen LogP contribution in [0.3, 0.4) is 0 Å². The van der Waals surface area contributed by atoms with Crippen molar-refractivity contribution in [1.29, 1.82) is 0 Å². The van der Waals surface area contributed by atoms with E-state index in [9.17, 15) is 4.21 Å². The van der Waals surface area contributed by atoms with Crippen molar-refractivity contribution in [2.75, 3.05) is 12.3 Å². The monoisotopic (exact) mass is 357 g/mol. The number of hydrogen-bond donors (Lipinski definition) is 1. The molecule has 1 aromatic rings.